The highest BCUT2D eigenvalue weighted by atomic mass is 35.5. The monoisotopic (exact) mass is 569 g/mol. The molecule has 0 radical (unpaired) electrons. The third kappa shape index (κ3) is 8.93. The Kier molecular flexibility index (Phi) is 12.8. The van der Waals surface area contributed by atoms with E-state index in [0.717, 1.165) is 30.0 Å². The molecular weight excluding hydrogens is 528 g/mol. The Balaban J connectivity index is 1.59. The van der Waals surface area contributed by atoms with Crippen molar-refractivity contribution in [3.63, 3.8) is 0 Å². The molecule has 2 aromatic rings. The summed E-state index contributed by atoms with van der Waals surface area (Å²) >= 11 is 12.3. The van der Waals surface area contributed by atoms with Crippen LogP contribution in [0.5, 0.6) is 0 Å². The standard InChI is InChI=1S/C28H42Cl2FN5O2/c1-4-5-6-7-8-9-10-11-12-15-36-26(35-38-3)25(31)19(2)32-27(36)34-28(37)33-22-14-13-20-17-23(29)24(30)18-21(20)16-22/h13-14,16-19,25-27,32,35H,4-12,15H2,1-3H3,(H2,33,34,37). The van der Waals surface area contributed by atoms with Crippen LogP contribution in [0.3, 0.4) is 0 Å². The summed E-state index contributed by atoms with van der Waals surface area (Å²) < 4.78 is 15.1. The van der Waals surface area contributed by atoms with E-state index in [2.05, 4.69) is 28.4 Å². The molecule has 2 amide bonds. The van der Waals surface area contributed by atoms with Gasteiger partial charge in [-0.2, -0.15) is 5.48 Å². The maximum absolute atomic E-state index is 15.1. The van der Waals surface area contributed by atoms with Gasteiger partial charge in [-0.15, -0.1) is 0 Å². The van der Waals surface area contributed by atoms with Gasteiger partial charge in [0, 0.05) is 18.3 Å². The number of nitrogens with one attached hydrogen (secondary N) is 4. The second-order valence-corrected chi connectivity index (χ2v) is 10.9. The predicted octanol–water partition coefficient (Wildman–Crippen LogP) is 7.19. The predicted molar refractivity (Wildman–Crippen MR) is 155 cm³/mol. The fraction of sp³-hybridized carbons (Fsp3) is 0.607. The number of anilines is 1. The molecule has 0 bridgehead atoms. The molecule has 0 aliphatic carbocycles. The molecule has 3 rings (SSSR count). The SMILES string of the molecule is CCCCCCCCCCCN1C(NC(=O)Nc2ccc3cc(Cl)c(Cl)cc3c2)NC(C)C(F)C1NOC. The molecule has 10 heteroatoms. The smallest absolute Gasteiger partial charge is 0.309 e. The lowest BCUT2D eigenvalue weighted by Gasteiger charge is -2.46. The third-order valence-electron chi connectivity index (χ3n) is 7.05. The van der Waals surface area contributed by atoms with E-state index in [0.29, 0.717) is 22.3 Å². The number of unbranched alkanes of at least 4 members (excludes halogenated alkanes) is 8. The minimum Gasteiger partial charge on any atom is -0.309 e. The molecule has 38 heavy (non-hydrogen) atoms. The summed E-state index contributed by atoms with van der Waals surface area (Å²) in [4.78, 5) is 20.0. The fourth-order valence-corrected chi connectivity index (χ4v) is 5.26. The van der Waals surface area contributed by atoms with E-state index >= 15 is 4.39 Å². The molecule has 4 unspecified atom stereocenters. The summed E-state index contributed by atoms with van der Waals surface area (Å²) in [6, 6.07) is 8.17. The molecule has 1 fully saturated rings. The molecular formula is C28H42Cl2FN5O2. The molecule has 0 aromatic heterocycles. The van der Waals surface area contributed by atoms with Gasteiger partial charge in [-0.25, -0.2) is 9.18 Å². The lowest BCUT2D eigenvalue weighted by molar-refractivity contribution is -0.0997. The van der Waals surface area contributed by atoms with Crippen LogP contribution < -0.4 is 21.4 Å². The topological polar surface area (TPSA) is 77.7 Å². The van der Waals surface area contributed by atoms with Crippen LogP contribution in [0.25, 0.3) is 10.8 Å². The number of hydrogen-bond acceptors (Lipinski definition) is 5. The summed E-state index contributed by atoms with van der Waals surface area (Å²) in [5.41, 5.74) is 3.40. The van der Waals surface area contributed by atoms with Gasteiger partial charge in [-0.1, -0.05) is 87.6 Å². The number of hydrogen-bond donors (Lipinski definition) is 4. The summed E-state index contributed by atoms with van der Waals surface area (Å²) in [5, 5.41) is 11.7. The van der Waals surface area contributed by atoms with Crippen molar-refractivity contribution >= 4 is 45.7 Å². The van der Waals surface area contributed by atoms with Gasteiger partial charge in [0.15, 0.2) is 0 Å². The molecule has 2 aromatic carbocycles. The second kappa shape index (κ2) is 15.8. The number of halogens is 3. The van der Waals surface area contributed by atoms with E-state index in [1.54, 1.807) is 25.1 Å². The number of urea groups is 1. The minimum absolute atomic E-state index is 0.403. The van der Waals surface area contributed by atoms with Crippen LogP contribution in [0.15, 0.2) is 30.3 Å². The maximum atomic E-state index is 15.1. The van der Waals surface area contributed by atoms with Crippen molar-refractivity contribution in [1.29, 1.82) is 0 Å². The highest BCUT2D eigenvalue weighted by Crippen LogP contribution is 2.29. The molecule has 1 aliphatic heterocycles. The summed E-state index contributed by atoms with van der Waals surface area (Å²) in [6.45, 7) is 4.60. The average molecular weight is 571 g/mol. The normalized spacial score (nSPS) is 22.1. The highest BCUT2D eigenvalue weighted by molar-refractivity contribution is 6.42. The van der Waals surface area contributed by atoms with Crippen molar-refractivity contribution in [3.05, 3.63) is 40.4 Å². The second-order valence-electron chi connectivity index (χ2n) is 10.1. The van der Waals surface area contributed by atoms with Crippen LogP contribution in [-0.2, 0) is 4.84 Å². The van der Waals surface area contributed by atoms with Crippen molar-refractivity contribution in [2.75, 3.05) is 19.0 Å². The van der Waals surface area contributed by atoms with E-state index in [9.17, 15) is 4.79 Å². The molecule has 0 saturated carbocycles. The Hall–Kier alpha value is -1.68. The Morgan fingerprint density at radius 2 is 1.63 bits per heavy atom. The van der Waals surface area contributed by atoms with Gasteiger partial charge in [-0.3, -0.25) is 10.2 Å². The number of rotatable bonds is 14. The summed E-state index contributed by atoms with van der Waals surface area (Å²) in [5.74, 6) is 0. The van der Waals surface area contributed by atoms with Crippen molar-refractivity contribution in [2.24, 2.45) is 0 Å². The first kappa shape index (κ1) is 30.9. The molecule has 1 saturated heterocycles. The lowest BCUT2D eigenvalue weighted by atomic mass is 10.1. The van der Waals surface area contributed by atoms with Crippen LogP contribution >= 0.6 is 23.2 Å². The molecule has 1 heterocycles. The van der Waals surface area contributed by atoms with Crippen molar-refractivity contribution in [2.45, 2.75) is 96.3 Å². The van der Waals surface area contributed by atoms with E-state index in [1.165, 1.54) is 45.6 Å². The fourth-order valence-electron chi connectivity index (χ4n) is 4.92. The molecule has 4 atom stereocenters. The Labute approximate surface area is 236 Å². The quantitative estimate of drug-likeness (QED) is 0.143. The first-order valence-corrected chi connectivity index (χ1v) is 14.5. The minimum atomic E-state index is -1.22. The van der Waals surface area contributed by atoms with Gasteiger partial charge in [0.25, 0.3) is 0 Å². The zero-order valence-electron chi connectivity index (χ0n) is 22.7. The molecule has 1 aliphatic rings. The zero-order valence-corrected chi connectivity index (χ0v) is 24.2. The number of carbonyl (C=O) groups excluding carboxylic acids is 1. The molecule has 4 N–H and O–H groups in total. The van der Waals surface area contributed by atoms with Gasteiger partial charge in [0.1, 0.15) is 18.6 Å². The van der Waals surface area contributed by atoms with E-state index < -0.39 is 30.7 Å². The summed E-state index contributed by atoms with van der Waals surface area (Å²) in [7, 11) is 1.48. The number of carbonyl (C=O) groups is 1. The first-order valence-electron chi connectivity index (χ1n) is 13.7. The third-order valence-corrected chi connectivity index (χ3v) is 7.77. The van der Waals surface area contributed by atoms with E-state index in [-0.39, 0.29) is 0 Å². The molecule has 0 spiro atoms. The Morgan fingerprint density at radius 1 is 1.00 bits per heavy atom. The molecule has 7 nitrogen and oxygen atoms in total. The van der Waals surface area contributed by atoms with Gasteiger partial charge in [0.2, 0.25) is 0 Å². The summed E-state index contributed by atoms with van der Waals surface area (Å²) in [6.07, 6.45) is 8.28. The number of benzene rings is 2. The number of fused-ring (bicyclic) bond motifs is 1. The van der Waals surface area contributed by atoms with Crippen molar-refractivity contribution < 1.29 is 14.0 Å². The van der Waals surface area contributed by atoms with E-state index in [1.807, 2.05) is 17.0 Å². The number of alkyl halides is 1. The van der Waals surface area contributed by atoms with Crippen molar-refractivity contribution in [3.8, 4) is 0 Å². The van der Waals surface area contributed by atoms with Gasteiger partial charge in [-0.05, 0) is 48.4 Å². The Bertz CT molecular complexity index is 1030. The first-order chi connectivity index (χ1) is 18.3. The number of hydroxylamine groups is 1. The van der Waals surface area contributed by atoms with Crippen molar-refractivity contribution in [1.82, 2.24) is 21.0 Å². The van der Waals surface area contributed by atoms with E-state index in [4.69, 9.17) is 28.0 Å². The molecule has 212 valence electrons. The van der Waals surface area contributed by atoms with Gasteiger partial charge < -0.3 is 15.5 Å². The number of amides is 2. The Morgan fingerprint density at radius 3 is 2.29 bits per heavy atom. The van der Waals surface area contributed by atoms with Gasteiger partial charge >= 0.3 is 6.03 Å². The van der Waals surface area contributed by atoms with Crippen LogP contribution in [0.2, 0.25) is 10.0 Å². The highest BCUT2D eigenvalue weighted by Gasteiger charge is 2.42. The van der Waals surface area contributed by atoms with Crippen LogP contribution in [0.1, 0.15) is 71.6 Å². The van der Waals surface area contributed by atoms with Crippen LogP contribution in [-0.4, -0.2) is 49.3 Å². The van der Waals surface area contributed by atoms with Gasteiger partial charge in [0.05, 0.1) is 17.2 Å². The zero-order chi connectivity index (χ0) is 27.5. The maximum Gasteiger partial charge on any atom is 0.321 e. The number of nitrogens with zero attached hydrogens (tertiary/aromatic N) is 1. The van der Waals surface area contributed by atoms with Crippen LogP contribution in [0.4, 0.5) is 14.9 Å². The lowest BCUT2D eigenvalue weighted by Crippen LogP contribution is -2.73. The van der Waals surface area contributed by atoms with Crippen LogP contribution in [0, 0.1) is 0 Å². The largest absolute Gasteiger partial charge is 0.321 e. The average Bonchev–Trinajstić information content (AvgIpc) is 2.88.